The molecule has 0 heterocycles. The first-order valence-corrected chi connectivity index (χ1v) is 5.24. The van der Waals surface area contributed by atoms with E-state index < -0.39 is 0 Å². The van der Waals surface area contributed by atoms with Crippen molar-refractivity contribution in [1.82, 2.24) is 0 Å². The first-order valence-electron chi connectivity index (χ1n) is 3.08. The Balaban J connectivity index is 2.53. The Kier molecular flexibility index (Phi) is 9.17. The third kappa shape index (κ3) is 7.08. The van der Waals surface area contributed by atoms with E-state index in [0.29, 0.717) is 0 Å². The highest BCUT2D eigenvalue weighted by Gasteiger charge is 1.84. The molecular formula is C6H13IS. The van der Waals surface area contributed by atoms with E-state index in [2.05, 4.69) is 35.2 Å². The summed E-state index contributed by atoms with van der Waals surface area (Å²) in [5.41, 5.74) is 0. The molecule has 0 unspecified atom stereocenters. The van der Waals surface area contributed by atoms with Gasteiger partial charge in [0.25, 0.3) is 0 Å². The van der Waals surface area contributed by atoms with Crippen LogP contribution >= 0.6 is 35.2 Å². The van der Waals surface area contributed by atoms with E-state index >= 15 is 0 Å². The van der Waals surface area contributed by atoms with Crippen molar-refractivity contribution < 1.29 is 0 Å². The zero-order chi connectivity index (χ0) is 6.24. The summed E-state index contributed by atoms with van der Waals surface area (Å²) in [7, 11) is 0. The minimum atomic E-state index is 1.06. The van der Waals surface area contributed by atoms with Crippen LogP contribution in [0.25, 0.3) is 0 Å². The van der Waals surface area contributed by atoms with Crippen molar-refractivity contribution in [1.29, 1.82) is 0 Å². The van der Waals surface area contributed by atoms with Crippen molar-refractivity contribution in [2.45, 2.75) is 25.7 Å². The summed E-state index contributed by atoms with van der Waals surface area (Å²) in [6, 6.07) is 0. The predicted octanol–water partition coefficient (Wildman–Crippen LogP) is 2.91. The highest BCUT2D eigenvalue weighted by molar-refractivity contribution is 14.1. The van der Waals surface area contributed by atoms with Gasteiger partial charge >= 0.3 is 0 Å². The Labute approximate surface area is 71.0 Å². The Morgan fingerprint density at radius 2 is 1.62 bits per heavy atom. The lowest BCUT2D eigenvalue weighted by Crippen LogP contribution is -1.78. The third-order valence-electron chi connectivity index (χ3n) is 1.04. The quantitative estimate of drug-likeness (QED) is 0.327. The summed E-state index contributed by atoms with van der Waals surface area (Å²) in [4.78, 5) is 0. The fourth-order valence-electron chi connectivity index (χ4n) is 0.560. The fraction of sp³-hybridized carbons (Fsp3) is 1.00. The molecule has 0 aromatic heterocycles. The Morgan fingerprint density at radius 3 is 2.12 bits per heavy atom. The summed E-state index contributed by atoms with van der Waals surface area (Å²) >= 11 is 6.54. The maximum absolute atomic E-state index is 4.12. The number of unbranched alkanes of at least 4 members (excludes halogenated alkanes) is 3. The van der Waals surface area contributed by atoms with Crippen LogP contribution in [0.2, 0.25) is 0 Å². The molecule has 0 nitrogen and oxygen atoms in total. The molecule has 0 spiro atoms. The molecule has 0 bridgehead atoms. The first-order chi connectivity index (χ1) is 3.91. The van der Waals surface area contributed by atoms with E-state index in [-0.39, 0.29) is 0 Å². The Bertz CT molecular complexity index is 33.5. The summed E-state index contributed by atoms with van der Waals surface area (Å²) in [6.07, 6.45) is 5.43. The molecule has 0 rings (SSSR count). The lowest BCUT2D eigenvalue weighted by molar-refractivity contribution is 0.716. The molecule has 0 fully saturated rings. The van der Waals surface area contributed by atoms with Gasteiger partial charge in [-0.2, -0.15) is 12.6 Å². The van der Waals surface area contributed by atoms with Crippen molar-refractivity contribution in [2.24, 2.45) is 0 Å². The Hall–Kier alpha value is 1.08. The molecule has 0 saturated carbocycles. The largest absolute Gasteiger partial charge is 0.179 e. The van der Waals surface area contributed by atoms with Crippen LogP contribution in [-0.4, -0.2) is 10.2 Å². The first kappa shape index (κ1) is 9.08. The van der Waals surface area contributed by atoms with Gasteiger partial charge in [-0.15, -0.1) is 0 Å². The van der Waals surface area contributed by atoms with Crippen LogP contribution in [0.15, 0.2) is 0 Å². The Morgan fingerprint density at radius 1 is 1.00 bits per heavy atom. The monoisotopic (exact) mass is 244 g/mol. The van der Waals surface area contributed by atoms with Crippen molar-refractivity contribution in [3.63, 3.8) is 0 Å². The molecule has 0 amide bonds. The minimum Gasteiger partial charge on any atom is -0.179 e. The van der Waals surface area contributed by atoms with Crippen LogP contribution in [0.3, 0.4) is 0 Å². The van der Waals surface area contributed by atoms with Crippen molar-refractivity contribution in [2.75, 3.05) is 10.2 Å². The summed E-state index contributed by atoms with van der Waals surface area (Å²) in [6.45, 7) is 0. The van der Waals surface area contributed by atoms with E-state index in [1.807, 2.05) is 0 Å². The molecule has 0 aliphatic heterocycles. The average Bonchev–Trinajstić information content (AvgIpc) is 1.81. The number of alkyl halides is 1. The lowest BCUT2D eigenvalue weighted by Gasteiger charge is -1.92. The topological polar surface area (TPSA) is 0 Å². The van der Waals surface area contributed by atoms with E-state index in [4.69, 9.17) is 0 Å². The zero-order valence-electron chi connectivity index (χ0n) is 5.07. The van der Waals surface area contributed by atoms with Crippen molar-refractivity contribution in [3.05, 3.63) is 0 Å². The SMILES string of the molecule is SCCCCCCI. The van der Waals surface area contributed by atoms with Crippen LogP contribution in [-0.2, 0) is 0 Å². The number of halogens is 1. The van der Waals surface area contributed by atoms with Crippen LogP contribution in [0.4, 0.5) is 0 Å². The molecule has 50 valence electrons. The molecule has 2 heteroatoms. The number of thiol groups is 1. The number of rotatable bonds is 5. The molecule has 0 N–H and O–H groups in total. The normalized spacial score (nSPS) is 9.75. The van der Waals surface area contributed by atoms with E-state index in [9.17, 15) is 0 Å². The maximum atomic E-state index is 4.12. The van der Waals surface area contributed by atoms with Gasteiger partial charge in [0.2, 0.25) is 0 Å². The van der Waals surface area contributed by atoms with Gasteiger partial charge in [0, 0.05) is 0 Å². The second-order valence-electron chi connectivity index (χ2n) is 1.83. The summed E-state index contributed by atoms with van der Waals surface area (Å²) < 4.78 is 1.31. The van der Waals surface area contributed by atoms with E-state index in [1.165, 1.54) is 30.1 Å². The van der Waals surface area contributed by atoms with Crippen LogP contribution in [0, 0.1) is 0 Å². The molecule has 0 atom stereocenters. The predicted molar refractivity (Wildman–Crippen MR) is 51.2 cm³/mol. The highest BCUT2D eigenvalue weighted by Crippen LogP contribution is 2.02. The lowest BCUT2D eigenvalue weighted by atomic mass is 10.2. The molecular weight excluding hydrogens is 231 g/mol. The van der Waals surface area contributed by atoms with Crippen molar-refractivity contribution >= 4 is 35.2 Å². The van der Waals surface area contributed by atoms with Gasteiger partial charge in [-0.3, -0.25) is 0 Å². The molecule has 0 aromatic carbocycles. The zero-order valence-corrected chi connectivity index (χ0v) is 8.12. The highest BCUT2D eigenvalue weighted by atomic mass is 127. The molecule has 8 heavy (non-hydrogen) atoms. The van der Waals surface area contributed by atoms with Crippen LogP contribution in [0.5, 0.6) is 0 Å². The number of hydrogen-bond acceptors (Lipinski definition) is 1. The van der Waals surface area contributed by atoms with Gasteiger partial charge in [-0.25, -0.2) is 0 Å². The van der Waals surface area contributed by atoms with Crippen molar-refractivity contribution in [3.8, 4) is 0 Å². The maximum Gasteiger partial charge on any atom is -0.000473 e. The average molecular weight is 244 g/mol. The molecule has 0 radical (unpaired) electrons. The van der Waals surface area contributed by atoms with Gasteiger partial charge in [0.15, 0.2) is 0 Å². The van der Waals surface area contributed by atoms with Gasteiger partial charge in [-0.1, -0.05) is 35.4 Å². The van der Waals surface area contributed by atoms with Gasteiger partial charge in [-0.05, 0) is 23.0 Å². The smallest absolute Gasteiger partial charge is 0.000473 e. The molecule has 0 saturated heterocycles. The second-order valence-corrected chi connectivity index (χ2v) is 3.35. The standard InChI is InChI=1S/C6H13IS/c7-5-3-1-2-4-6-8/h8H,1-6H2. The molecule has 0 aliphatic rings. The fourth-order valence-corrected chi connectivity index (χ4v) is 1.32. The minimum absolute atomic E-state index is 1.06. The molecule has 0 aliphatic carbocycles. The second kappa shape index (κ2) is 8.08. The summed E-state index contributed by atoms with van der Waals surface area (Å²) in [5.74, 6) is 1.06. The molecule has 0 aromatic rings. The third-order valence-corrected chi connectivity index (χ3v) is 2.12. The van der Waals surface area contributed by atoms with Crippen LogP contribution < -0.4 is 0 Å². The van der Waals surface area contributed by atoms with E-state index in [0.717, 1.165) is 5.75 Å². The van der Waals surface area contributed by atoms with Gasteiger partial charge < -0.3 is 0 Å². The van der Waals surface area contributed by atoms with Crippen LogP contribution in [0.1, 0.15) is 25.7 Å². The summed E-state index contributed by atoms with van der Waals surface area (Å²) in [5, 5.41) is 0. The number of hydrogen-bond donors (Lipinski definition) is 1. The van der Waals surface area contributed by atoms with E-state index in [1.54, 1.807) is 0 Å². The van der Waals surface area contributed by atoms with Gasteiger partial charge in [0.1, 0.15) is 0 Å². The van der Waals surface area contributed by atoms with Gasteiger partial charge in [0.05, 0.1) is 0 Å².